The molecule has 206 valence electrons. The van der Waals surface area contributed by atoms with Gasteiger partial charge in [-0.2, -0.15) is 4.98 Å². The maximum atomic E-state index is 13.0. The predicted molar refractivity (Wildman–Crippen MR) is 156 cm³/mol. The molecule has 40 heavy (non-hydrogen) atoms. The van der Waals surface area contributed by atoms with Gasteiger partial charge in [0, 0.05) is 21.5 Å². The highest BCUT2D eigenvalue weighted by Crippen LogP contribution is 2.40. The molecule has 1 N–H and O–H groups in total. The third-order valence-corrected chi connectivity index (χ3v) is 7.87. The highest BCUT2D eigenvalue weighted by atomic mass is 35.5. The number of carbonyl (C=O) groups is 1. The minimum absolute atomic E-state index is 0.339. The second-order valence-electron chi connectivity index (χ2n) is 8.93. The number of ether oxygens (including phenoxy) is 3. The molecule has 5 rings (SSSR count). The van der Waals surface area contributed by atoms with Crippen molar-refractivity contribution in [3.8, 4) is 11.5 Å². The molecule has 1 aliphatic heterocycles. The Bertz CT molecular complexity index is 1570. The third kappa shape index (κ3) is 5.91. The van der Waals surface area contributed by atoms with Gasteiger partial charge in [-0.05, 0) is 53.9 Å². The van der Waals surface area contributed by atoms with Gasteiger partial charge >= 0.3 is 5.97 Å². The first-order valence-corrected chi connectivity index (χ1v) is 14.1. The number of nitrogens with one attached hydrogen (secondary N) is 1. The van der Waals surface area contributed by atoms with Gasteiger partial charge in [0.1, 0.15) is 12.6 Å². The Morgan fingerprint density at radius 2 is 1.82 bits per heavy atom. The standard InChI is InChI=1S/C29H26Cl2N4O4S/c1-17-25(27(36)38-3)26(35-28(32-17)33-29(34-35)40-16-20-6-4-5-7-22(20)31)19-10-13-23(24(14-19)37-2)39-15-18-8-11-21(30)12-9-18/h4-14,26H,15-16H2,1-3H3,(H,32,33,34). The lowest BCUT2D eigenvalue weighted by Gasteiger charge is -2.28. The average Bonchev–Trinajstić information content (AvgIpc) is 3.37. The molecule has 0 aliphatic carbocycles. The number of aromatic nitrogens is 3. The minimum Gasteiger partial charge on any atom is -0.493 e. The molecule has 1 aromatic heterocycles. The zero-order valence-electron chi connectivity index (χ0n) is 22.0. The number of allylic oxidation sites excluding steroid dienone is 1. The van der Waals surface area contributed by atoms with Gasteiger partial charge < -0.3 is 19.5 Å². The number of anilines is 1. The predicted octanol–water partition coefficient (Wildman–Crippen LogP) is 6.93. The van der Waals surface area contributed by atoms with Crippen molar-refractivity contribution < 1.29 is 19.0 Å². The Labute approximate surface area is 246 Å². The second kappa shape index (κ2) is 12.2. The summed E-state index contributed by atoms with van der Waals surface area (Å²) in [7, 11) is 2.93. The number of esters is 1. The molecule has 0 fully saturated rings. The summed E-state index contributed by atoms with van der Waals surface area (Å²) in [6.07, 6.45) is 0. The summed E-state index contributed by atoms with van der Waals surface area (Å²) in [6.45, 7) is 2.15. The van der Waals surface area contributed by atoms with E-state index in [2.05, 4.69) is 10.3 Å². The van der Waals surface area contributed by atoms with Crippen molar-refractivity contribution in [2.24, 2.45) is 0 Å². The summed E-state index contributed by atoms with van der Waals surface area (Å²) in [6, 6.07) is 20.0. The SMILES string of the molecule is COC(=O)C1=C(C)Nc2nc(SCc3ccccc3Cl)nn2C1c1ccc(OCc2ccc(Cl)cc2)c(OC)c1. The monoisotopic (exact) mass is 596 g/mol. The molecule has 11 heteroatoms. The van der Waals surface area contributed by atoms with E-state index < -0.39 is 12.0 Å². The summed E-state index contributed by atoms with van der Waals surface area (Å²) >= 11 is 13.8. The van der Waals surface area contributed by atoms with Crippen LogP contribution in [0.25, 0.3) is 0 Å². The van der Waals surface area contributed by atoms with Crippen LogP contribution in [-0.4, -0.2) is 35.0 Å². The maximum Gasteiger partial charge on any atom is 0.338 e. The largest absolute Gasteiger partial charge is 0.493 e. The Hall–Kier alpha value is -3.66. The van der Waals surface area contributed by atoms with Gasteiger partial charge in [-0.15, -0.1) is 5.10 Å². The molecule has 0 amide bonds. The van der Waals surface area contributed by atoms with Crippen LogP contribution in [0.4, 0.5) is 5.95 Å². The van der Waals surface area contributed by atoms with Gasteiger partial charge in [-0.1, -0.05) is 71.4 Å². The minimum atomic E-state index is -0.606. The highest BCUT2D eigenvalue weighted by molar-refractivity contribution is 7.98. The molecule has 4 aromatic rings. The Kier molecular flexibility index (Phi) is 8.54. The van der Waals surface area contributed by atoms with E-state index in [1.165, 1.54) is 18.9 Å². The van der Waals surface area contributed by atoms with Crippen LogP contribution in [0.5, 0.6) is 11.5 Å². The fourth-order valence-electron chi connectivity index (χ4n) is 4.35. The van der Waals surface area contributed by atoms with E-state index in [-0.39, 0.29) is 0 Å². The number of halogens is 2. The van der Waals surface area contributed by atoms with Gasteiger partial charge in [0.15, 0.2) is 11.5 Å². The second-order valence-corrected chi connectivity index (χ2v) is 10.7. The van der Waals surface area contributed by atoms with E-state index >= 15 is 0 Å². The van der Waals surface area contributed by atoms with Crippen molar-refractivity contribution in [3.63, 3.8) is 0 Å². The van der Waals surface area contributed by atoms with Crippen molar-refractivity contribution in [2.45, 2.75) is 30.5 Å². The maximum absolute atomic E-state index is 13.0. The number of rotatable bonds is 9. The molecule has 0 saturated heterocycles. The fraction of sp³-hybridized carbons (Fsp3) is 0.207. The quantitative estimate of drug-likeness (QED) is 0.164. The van der Waals surface area contributed by atoms with Gasteiger partial charge in [0.25, 0.3) is 0 Å². The summed E-state index contributed by atoms with van der Waals surface area (Å²) in [4.78, 5) is 17.6. The van der Waals surface area contributed by atoms with Gasteiger partial charge in [-0.3, -0.25) is 0 Å². The van der Waals surface area contributed by atoms with Crippen molar-refractivity contribution in [1.29, 1.82) is 0 Å². The zero-order valence-corrected chi connectivity index (χ0v) is 24.3. The van der Waals surface area contributed by atoms with Crippen LogP contribution >= 0.6 is 35.0 Å². The molecule has 0 bridgehead atoms. The lowest BCUT2D eigenvalue weighted by atomic mass is 9.95. The molecule has 3 aromatic carbocycles. The number of hydrogen-bond donors (Lipinski definition) is 1. The zero-order chi connectivity index (χ0) is 28.2. The van der Waals surface area contributed by atoms with Crippen LogP contribution in [0.2, 0.25) is 10.0 Å². The van der Waals surface area contributed by atoms with Crippen LogP contribution in [0.15, 0.2) is 83.2 Å². The topological polar surface area (TPSA) is 87.5 Å². The van der Waals surface area contributed by atoms with Crippen molar-refractivity contribution in [2.75, 3.05) is 19.5 Å². The lowest BCUT2D eigenvalue weighted by Crippen LogP contribution is -2.29. The molecule has 1 aliphatic rings. The summed E-state index contributed by atoms with van der Waals surface area (Å²) in [5.41, 5.74) is 3.75. The first kappa shape index (κ1) is 27.9. The Morgan fingerprint density at radius 3 is 2.55 bits per heavy atom. The van der Waals surface area contributed by atoms with Crippen molar-refractivity contribution in [1.82, 2.24) is 14.8 Å². The normalized spacial score (nSPS) is 14.4. The van der Waals surface area contributed by atoms with E-state index in [9.17, 15) is 4.79 Å². The number of nitrogens with zero attached hydrogens (tertiary/aromatic N) is 3. The summed E-state index contributed by atoms with van der Waals surface area (Å²) < 4.78 is 18.5. The smallest absolute Gasteiger partial charge is 0.338 e. The van der Waals surface area contributed by atoms with Crippen LogP contribution in [-0.2, 0) is 21.9 Å². The molecule has 0 radical (unpaired) electrons. The van der Waals surface area contributed by atoms with E-state index in [4.69, 9.17) is 42.5 Å². The van der Waals surface area contributed by atoms with Crippen molar-refractivity contribution in [3.05, 3.63) is 105 Å². The van der Waals surface area contributed by atoms with Crippen LogP contribution in [0.1, 0.15) is 29.7 Å². The Balaban J connectivity index is 1.46. The lowest BCUT2D eigenvalue weighted by molar-refractivity contribution is -0.136. The number of fused-ring (bicyclic) bond motifs is 1. The first-order valence-electron chi connectivity index (χ1n) is 12.3. The van der Waals surface area contributed by atoms with Gasteiger partial charge in [0.05, 0.1) is 19.8 Å². The summed E-state index contributed by atoms with van der Waals surface area (Å²) in [5.74, 6) is 1.71. The molecule has 0 spiro atoms. The molecule has 0 saturated carbocycles. The van der Waals surface area contributed by atoms with E-state index in [0.29, 0.717) is 56.3 Å². The van der Waals surface area contributed by atoms with Crippen molar-refractivity contribution >= 4 is 46.9 Å². The molecule has 8 nitrogen and oxygen atoms in total. The number of carbonyl (C=O) groups excluding carboxylic acids is 1. The molecular weight excluding hydrogens is 571 g/mol. The first-order chi connectivity index (χ1) is 19.4. The van der Waals surface area contributed by atoms with Gasteiger partial charge in [-0.25, -0.2) is 9.48 Å². The third-order valence-electron chi connectivity index (χ3n) is 6.36. The highest BCUT2D eigenvalue weighted by Gasteiger charge is 2.35. The number of thioether (sulfide) groups is 1. The van der Waals surface area contributed by atoms with E-state index in [1.54, 1.807) is 11.8 Å². The number of methoxy groups -OCH3 is 2. The summed E-state index contributed by atoms with van der Waals surface area (Å²) in [5, 5.41) is 9.85. The molecule has 2 heterocycles. The molecule has 1 unspecified atom stereocenters. The molecule has 1 atom stereocenters. The fourth-order valence-corrected chi connectivity index (χ4v) is 5.59. The van der Waals surface area contributed by atoms with Gasteiger partial charge in [0.2, 0.25) is 11.1 Å². The van der Waals surface area contributed by atoms with Crippen LogP contribution in [0, 0.1) is 0 Å². The average molecular weight is 598 g/mol. The number of hydrogen-bond acceptors (Lipinski definition) is 8. The molecular formula is C29H26Cl2N4O4S. The van der Waals surface area contributed by atoms with E-state index in [1.807, 2.05) is 73.7 Å². The van der Waals surface area contributed by atoms with Crippen LogP contribution in [0.3, 0.4) is 0 Å². The Morgan fingerprint density at radius 1 is 1.05 bits per heavy atom. The van der Waals surface area contributed by atoms with E-state index in [0.717, 1.165) is 16.7 Å². The van der Waals surface area contributed by atoms with Crippen LogP contribution < -0.4 is 14.8 Å². The number of benzene rings is 3.